The van der Waals surface area contributed by atoms with Crippen LogP contribution in [-0.4, -0.2) is 11.1 Å². The molecule has 0 atom stereocenters. The standard InChI is InChI=1S/C31H54O2/c1-4-7-10-13-16-19-22-27-25-26-30(31(32)33)29(24-21-18-15-12-9-6-3)28(27)23-20-17-14-11-8-5-2/h25-26H,4-24H2,1-3H3,(H,32,33). The van der Waals surface area contributed by atoms with Crippen molar-refractivity contribution in [2.75, 3.05) is 0 Å². The third-order valence-electron chi connectivity index (χ3n) is 7.12. The molecule has 190 valence electrons. The van der Waals surface area contributed by atoms with Crippen LogP contribution in [0.25, 0.3) is 0 Å². The summed E-state index contributed by atoms with van der Waals surface area (Å²) in [4.78, 5) is 12.1. The Kier molecular flexibility index (Phi) is 18.1. The molecular formula is C31H54O2. The lowest BCUT2D eigenvalue weighted by atomic mass is 9.87. The molecule has 0 fully saturated rings. The van der Waals surface area contributed by atoms with E-state index in [2.05, 4.69) is 26.8 Å². The number of carboxylic acid groups (broad SMARTS) is 1. The Balaban J connectivity index is 2.86. The molecule has 0 spiro atoms. The fraction of sp³-hybridized carbons (Fsp3) is 0.774. The summed E-state index contributed by atoms with van der Waals surface area (Å²) in [6.45, 7) is 6.79. The van der Waals surface area contributed by atoms with Crippen LogP contribution in [-0.2, 0) is 19.3 Å². The van der Waals surface area contributed by atoms with Crippen LogP contribution in [0.1, 0.15) is 163 Å². The molecule has 0 amide bonds. The highest BCUT2D eigenvalue weighted by Gasteiger charge is 2.17. The van der Waals surface area contributed by atoms with E-state index in [1.165, 1.54) is 120 Å². The number of carboxylic acids is 1. The number of carbonyl (C=O) groups is 1. The Hall–Kier alpha value is -1.31. The van der Waals surface area contributed by atoms with Gasteiger partial charge in [-0.2, -0.15) is 0 Å². The van der Waals surface area contributed by atoms with Crippen molar-refractivity contribution < 1.29 is 9.90 Å². The Morgan fingerprint density at radius 3 is 1.39 bits per heavy atom. The van der Waals surface area contributed by atoms with E-state index >= 15 is 0 Å². The highest BCUT2D eigenvalue weighted by molar-refractivity contribution is 5.90. The number of hydrogen-bond acceptors (Lipinski definition) is 1. The van der Waals surface area contributed by atoms with Crippen LogP contribution >= 0.6 is 0 Å². The number of hydrogen-bond donors (Lipinski definition) is 1. The van der Waals surface area contributed by atoms with Crippen LogP contribution < -0.4 is 0 Å². The monoisotopic (exact) mass is 458 g/mol. The molecule has 0 aliphatic carbocycles. The second-order valence-corrected chi connectivity index (χ2v) is 10.1. The molecule has 2 heteroatoms. The average Bonchev–Trinajstić information content (AvgIpc) is 2.81. The van der Waals surface area contributed by atoms with E-state index in [0.29, 0.717) is 5.56 Å². The van der Waals surface area contributed by atoms with Crippen molar-refractivity contribution in [3.05, 3.63) is 34.4 Å². The Morgan fingerprint density at radius 1 is 0.545 bits per heavy atom. The molecule has 0 aliphatic rings. The molecule has 2 nitrogen and oxygen atoms in total. The number of aryl methyl sites for hydroxylation is 1. The van der Waals surface area contributed by atoms with Crippen molar-refractivity contribution >= 4 is 5.97 Å². The lowest BCUT2D eigenvalue weighted by Crippen LogP contribution is -2.10. The Morgan fingerprint density at radius 2 is 0.939 bits per heavy atom. The van der Waals surface area contributed by atoms with Crippen molar-refractivity contribution in [1.29, 1.82) is 0 Å². The van der Waals surface area contributed by atoms with Gasteiger partial charge in [0, 0.05) is 0 Å². The Labute approximate surface area is 206 Å². The van der Waals surface area contributed by atoms with E-state index in [1.807, 2.05) is 6.07 Å². The molecule has 0 aliphatic heterocycles. The molecule has 1 aromatic rings. The zero-order valence-electron chi connectivity index (χ0n) is 22.4. The molecule has 1 aromatic carbocycles. The normalized spacial score (nSPS) is 11.2. The quantitative estimate of drug-likeness (QED) is 0.175. The van der Waals surface area contributed by atoms with Gasteiger partial charge in [-0.25, -0.2) is 4.79 Å². The van der Waals surface area contributed by atoms with Gasteiger partial charge in [-0.3, -0.25) is 0 Å². The van der Waals surface area contributed by atoms with Crippen LogP contribution in [0, 0.1) is 0 Å². The highest BCUT2D eigenvalue weighted by Crippen LogP contribution is 2.27. The van der Waals surface area contributed by atoms with Crippen LogP contribution in [0.2, 0.25) is 0 Å². The van der Waals surface area contributed by atoms with E-state index < -0.39 is 5.97 Å². The molecule has 0 saturated heterocycles. The van der Waals surface area contributed by atoms with Gasteiger partial charge in [0.25, 0.3) is 0 Å². The molecule has 0 aromatic heterocycles. The molecule has 33 heavy (non-hydrogen) atoms. The maximum absolute atomic E-state index is 12.1. The third kappa shape index (κ3) is 13.2. The summed E-state index contributed by atoms with van der Waals surface area (Å²) in [5, 5.41) is 9.92. The summed E-state index contributed by atoms with van der Waals surface area (Å²) in [7, 11) is 0. The summed E-state index contributed by atoms with van der Waals surface area (Å²) in [5.74, 6) is -0.744. The zero-order valence-corrected chi connectivity index (χ0v) is 22.4. The topological polar surface area (TPSA) is 37.3 Å². The molecule has 1 rings (SSSR count). The summed E-state index contributed by atoms with van der Waals surface area (Å²) >= 11 is 0. The van der Waals surface area contributed by atoms with Gasteiger partial charge in [0.15, 0.2) is 0 Å². The predicted octanol–water partition coefficient (Wildman–Crippen LogP) is 10.1. The number of unbranched alkanes of at least 4 members (excludes halogenated alkanes) is 15. The summed E-state index contributed by atoms with van der Waals surface area (Å²) < 4.78 is 0. The van der Waals surface area contributed by atoms with Gasteiger partial charge in [0.1, 0.15) is 0 Å². The summed E-state index contributed by atoms with van der Waals surface area (Å²) in [6.07, 6.45) is 26.2. The van der Waals surface area contributed by atoms with Gasteiger partial charge >= 0.3 is 5.97 Å². The van der Waals surface area contributed by atoms with E-state index in [0.717, 1.165) is 31.2 Å². The van der Waals surface area contributed by atoms with E-state index in [4.69, 9.17) is 0 Å². The lowest BCUT2D eigenvalue weighted by Gasteiger charge is -2.18. The first-order chi connectivity index (χ1) is 16.2. The first-order valence-corrected chi connectivity index (χ1v) is 14.5. The van der Waals surface area contributed by atoms with Crippen molar-refractivity contribution in [3.8, 4) is 0 Å². The zero-order chi connectivity index (χ0) is 24.2. The van der Waals surface area contributed by atoms with Crippen molar-refractivity contribution in [2.45, 2.75) is 156 Å². The molecule has 1 N–H and O–H groups in total. The van der Waals surface area contributed by atoms with Crippen LogP contribution in [0.4, 0.5) is 0 Å². The maximum Gasteiger partial charge on any atom is 0.335 e. The van der Waals surface area contributed by atoms with Gasteiger partial charge in [0.2, 0.25) is 0 Å². The minimum atomic E-state index is -0.744. The Bertz CT molecular complexity index is 620. The van der Waals surface area contributed by atoms with E-state index in [1.54, 1.807) is 0 Å². The number of aromatic carboxylic acids is 1. The molecule has 0 radical (unpaired) electrons. The minimum Gasteiger partial charge on any atom is -0.478 e. The van der Waals surface area contributed by atoms with Crippen LogP contribution in [0.3, 0.4) is 0 Å². The van der Waals surface area contributed by atoms with Gasteiger partial charge in [-0.05, 0) is 61.3 Å². The fourth-order valence-electron chi connectivity index (χ4n) is 5.03. The second kappa shape index (κ2) is 20.1. The van der Waals surface area contributed by atoms with E-state index in [9.17, 15) is 9.90 Å². The van der Waals surface area contributed by atoms with Gasteiger partial charge in [-0.15, -0.1) is 0 Å². The largest absolute Gasteiger partial charge is 0.478 e. The first kappa shape index (κ1) is 29.7. The number of benzene rings is 1. The van der Waals surface area contributed by atoms with Crippen LogP contribution in [0.15, 0.2) is 12.1 Å². The van der Waals surface area contributed by atoms with Crippen LogP contribution in [0.5, 0.6) is 0 Å². The highest BCUT2D eigenvalue weighted by atomic mass is 16.4. The number of rotatable bonds is 22. The maximum atomic E-state index is 12.1. The van der Waals surface area contributed by atoms with Crippen molar-refractivity contribution in [3.63, 3.8) is 0 Å². The smallest absolute Gasteiger partial charge is 0.335 e. The molecule has 0 heterocycles. The second-order valence-electron chi connectivity index (χ2n) is 10.1. The first-order valence-electron chi connectivity index (χ1n) is 14.5. The summed E-state index contributed by atoms with van der Waals surface area (Å²) in [5.41, 5.74) is 4.56. The summed E-state index contributed by atoms with van der Waals surface area (Å²) in [6, 6.07) is 4.05. The molecule has 0 saturated carbocycles. The average molecular weight is 459 g/mol. The predicted molar refractivity (Wildman–Crippen MR) is 145 cm³/mol. The fourth-order valence-corrected chi connectivity index (χ4v) is 5.03. The molecule has 0 bridgehead atoms. The van der Waals surface area contributed by atoms with Gasteiger partial charge in [0.05, 0.1) is 5.56 Å². The van der Waals surface area contributed by atoms with Gasteiger partial charge in [-0.1, -0.05) is 123 Å². The van der Waals surface area contributed by atoms with Crippen molar-refractivity contribution in [1.82, 2.24) is 0 Å². The SMILES string of the molecule is CCCCCCCCc1ccc(C(=O)O)c(CCCCCCCC)c1CCCCCCCC. The molecule has 0 unspecified atom stereocenters. The lowest BCUT2D eigenvalue weighted by molar-refractivity contribution is 0.0695. The molecular weight excluding hydrogens is 404 g/mol. The van der Waals surface area contributed by atoms with E-state index in [-0.39, 0.29) is 0 Å². The van der Waals surface area contributed by atoms with Gasteiger partial charge < -0.3 is 5.11 Å². The third-order valence-corrected chi connectivity index (χ3v) is 7.12. The van der Waals surface area contributed by atoms with Crippen molar-refractivity contribution in [2.24, 2.45) is 0 Å². The minimum absolute atomic E-state index is 0.566.